The van der Waals surface area contributed by atoms with Crippen LogP contribution in [0.4, 0.5) is 0 Å². The molecule has 0 saturated heterocycles. The van der Waals surface area contributed by atoms with Gasteiger partial charge in [0, 0.05) is 11.1 Å². The summed E-state index contributed by atoms with van der Waals surface area (Å²) in [6.07, 6.45) is 7.39. The van der Waals surface area contributed by atoms with Gasteiger partial charge in [-0.15, -0.1) is 0 Å². The van der Waals surface area contributed by atoms with E-state index in [0.717, 1.165) is 30.4 Å². The van der Waals surface area contributed by atoms with Crippen molar-refractivity contribution in [3.05, 3.63) is 34.4 Å². The van der Waals surface area contributed by atoms with Crippen molar-refractivity contribution in [2.45, 2.75) is 47.0 Å². The van der Waals surface area contributed by atoms with Crippen LogP contribution in [0.25, 0.3) is 0 Å². The monoisotopic (exact) mass is 348 g/mol. The van der Waals surface area contributed by atoms with Crippen LogP contribution in [0.5, 0.6) is 23.0 Å². The van der Waals surface area contributed by atoms with Crippen molar-refractivity contribution in [3.63, 3.8) is 0 Å². The largest absolute Gasteiger partial charge is 0.492 e. The molecule has 0 aliphatic rings. The highest BCUT2D eigenvalue weighted by Gasteiger charge is 2.24. The van der Waals surface area contributed by atoms with Gasteiger partial charge in [-0.25, -0.2) is 0 Å². The quantitative estimate of drug-likeness (QED) is 0.570. The minimum atomic E-state index is 0.562. The van der Waals surface area contributed by atoms with Crippen LogP contribution in [0, 0.1) is 6.92 Å². The number of hydrogen-bond donors (Lipinski definition) is 0. The van der Waals surface area contributed by atoms with Gasteiger partial charge in [-0.3, -0.25) is 0 Å². The Labute approximate surface area is 152 Å². The second-order valence-corrected chi connectivity index (χ2v) is 6.31. The molecule has 25 heavy (non-hydrogen) atoms. The molecule has 1 rings (SSSR count). The lowest BCUT2D eigenvalue weighted by molar-refractivity contribution is 0.302. The summed E-state index contributed by atoms with van der Waals surface area (Å²) >= 11 is 0. The van der Waals surface area contributed by atoms with E-state index in [0.29, 0.717) is 23.0 Å². The maximum Gasteiger partial charge on any atom is 0.207 e. The number of hydrogen-bond acceptors (Lipinski definition) is 4. The third kappa shape index (κ3) is 5.18. The second-order valence-electron chi connectivity index (χ2n) is 6.31. The van der Waals surface area contributed by atoms with Crippen molar-refractivity contribution in [2.24, 2.45) is 0 Å². The van der Waals surface area contributed by atoms with E-state index in [1.54, 1.807) is 28.4 Å². The lowest BCUT2D eigenvalue weighted by atomic mass is 9.99. The van der Waals surface area contributed by atoms with Gasteiger partial charge < -0.3 is 18.9 Å². The topological polar surface area (TPSA) is 36.9 Å². The number of methoxy groups -OCH3 is 4. The zero-order valence-corrected chi connectivity index (χ0v) is 16.9. The fraction of sp³-hybridized carbons (Fsp3) is 0.524. The highest BCUT2D eigenvalue weighted by molar-refractivity contribution is 5.67. The summed E-state index contributed by atoms with van der Waals surface area (Å²) in [6, 6.07) is 0. The molecule has 0 heterocycles. The molecule has 0 bridgehead atoms. The van der Waals surface area contributed by atoms with E-state index in [2.05, 4.69) is 32.9 Å². The molecule has 0 saturated carbocycles. The fourth-order valence-electron chi connectivity index (χ4n) is 2.87. The van der Waals surface area contributed by atoms with Crippen LogP contribution in [0.1, 0.15) is 44.7 Å². The zero-order chi connectivity index (χ0) is 19.0. The van der Waals surface area contributed by atoms with E-state index < -0.39 is 0 Å². The molecule has 0 amide bonds. The van der Waals surface area contributed by atoms with E-state index in [4.69, 9.17) is 18.9 Å². The van der Waals surface area contributed by atoms with E-state index in [9.17, 15) is 0 Å². The number of ether oxygens (including phenoxy) is 4. The Balaban J connectivity index is 3.23. The molecule has 0 unspecified atom stereocenters. The van der Waals surface area contributed by atoms with Gasteiger partial charge in [-0.1, -0.05) is 23.3 Å². The average molecular weight is 348 g/mol. The fourth-order valence-corrected chi connectivity index (χ4v) is 2.87. The van der Waals surface area contributed by atoms with Crippen molar-refractivity contribution in [1.29, 1.82) is 0 Å². The number of benzene rings is 1. The minimum Gasteiger partial charge on any atom is -0.492 e. The van der Waals surface area contributed by atoms with Crippen molar-refractivity contribution in [1.82, 2.24) is 0 Å². The second kappa shape index (κ2) is 10.0. The summed E-state index contributed by atoms with van der Waals surface area (Å²) in [5.74, 6) is 2.52. The molecule has 0 atom stereocenters. The summed E-state index contributed by atoms with van der Waals surface area (Å²) in [5, 5.41) is 0. The highest BCUT2D eigenvalue weighted by Crippen LogP contribution is 2.49. The molecule has 0 aromatic heterocycles. The average Bonchev–Trinajstić information content (AvgIpc) is 2.58. The summed E-state index contributed by atoms with van der Waals surface area (Å²) in [7, 11) is 6.50. The molecular weight excluding hydrogens is 316 g/mol. The number of allylic oxidation sites excluding steroid dienone is 4. The number of rotatable bonds is 9. The summed E-state index contributed by atoms with van der Waals surface area (Å²) in [4.78, 5) is 0. The van der Waals surface area contributed by atoms with Crippen LogP contribution in [0.2, 0.25) is 0 Å². The minimum absolute atomic E-state index is 0.562. The summed E-state index contributed by atoms with van der Waals surface area (Å²) in [5.41, 5.74) is 4.77. The van der Waals surface area contributed by atoms with Crippen molar-refractivity contribution in [3.8, 4) is 23.0 Å². The molecule has 0 spiro atoms. The van der Waals surface area contributed by atoms with Crippen LogP contribution in [0.3, 0.4) is 0 Å². The lowest BCUT2D eigenvalue weighted by Gasteiger charge is -2.21. The molecular formula is C21H32O4. The maximum atomic E-state index is 5.64. The molecule has 0 aliphatic carbocycles. The Kier molecular flexibility index (Phi) is 8.39. The third-order valence-electron chi connectivity index (χ3n) is 4.25. The first-order chi connectivity index (χ1) is 11.9. The molecule has 1 aromatic rings. The summed E-state index contributed by atoms with van der Waals surface area (Å²) in [6.45, 7) is 8.44. The van der Waals surface area contributed by atoms with Crippen LogP contribution in [-0.4, -0.2) is 28.4 Å². The first kappa shape index (κ1) is 20.9. The van der Waals surface area contributed by atoms with Crippen molar-refractivity contribution >= 4 is 0 Å². The molecule has 0 aliphatic heterocycles. The predicted molar refractivity (Wildman–Crippen MR) is 104 cm³/mol. The van der Waals surface area contributed by atoms with Gasteiger partial charge in [0.25, 0.3) is 0 Å². The van der Waals surface area contributed by atoms with E-state index in [1.165, 1.54) is 11.1 Å². The van der Waals surface area contributed by atoms with E-state index >= 15 is 0 Å². The van der Waals surface area contributed by atoms with Gasteiger partial charge in [0.1, 0.15) is 0 Å². The van der Waals surface area contributed by atoms with Gasteiger partial charge in [-0.05, 0) is 47.0 Å². The molecule has 4 nitrogen and oxygen atoms in total. The molecule has 0 fully saturated rings. The maximum absolute atomic E-state index is 5.64. The lowest BCUT2D eigenvalue weighted by Crippen LogP contribution is -2.04. The molecule has 140 valence electrons. The Morgan fingerprint density at radius 1 is 0.760 bits per heavy atom. The molecule has 0 radical (unpaired) electrons. The summed E-state index contributed by atoms with van der Waals surface area (Å²) < 4.78 is 22.2. The van der Waals surface area contributed by atoms with Crippen LogP contribution >= 0.6 is 0 Å². The normalized spacial score (nSPS) is 11.1. The first-order valence-electron chi connectivity index (χ1n) is 8.55. The van der Waals surface area contributed by atoms with Gasteiger partial charge in [0.2, 0.25) is 11.5 Å². The highest BCUT2D eigenvalue weighted by atomic mass is 16.5. The van der Waals surface area contributed by atoms with Crippen LogP contribution < -0.4 is 18.9 Å². The molecule has 0 N–H and O–H groups in total. The first-order valence-corrected chi connectivity index (χ1v) is 8.55. The van der Waals surface area contributed by atoms with Crippen molar-refractivity contribution < 1.29 is 18.9 Å². The van der Waals surface area contributed by atoms with E-state index in [1.807, 2.05) is 6.92 Å². The van der Waals surface area contributed by atoms with Crippen LogP contribution in [0.15, 0.2) is 23.3 Å². The Morgan fingerprint density at radius 3 is 1.76 bits per heavy atom. The van der Waals surface area contributed by atoms with Gasteiger partial charge >= 0.3 is 0 Å². The van der Waals surface area contributed by atoms with Crippen LogP contribution in [-0.2, 0) is 6.42 Å². The predicted octanol–water partition coefficient (Wildman–Crippen LogP) is 5.26. The zero-order valence-electron chi connectivity index (χ0n) is 16.9. The molecule has 4 heteroatoms. The Hall–Kier alpha value is -2.10. The Morgan fingerprint density at radius 2 is 1.28 bits per heavy atom. The smallest absolute Gasteiger partial charge is 0.207 e. The van der Waals surface area contributed by atoms with Gasteiger partial charge in [0.05, 0.1) is 28.4 Å². The van der Waals surface area contributed by atoms with Gasteiger partial charge in [0.15, 0.2) is 11.5 Å². The third-order valence-corrected chi connectivity index (χ3v) is 4.25. The van der Waals surface area contributed by atoms with E-state index in [-0.39, 0.29) is 0 Å². The van der Waals surface area contributed by atoms with Crippen molar-refractivity contribution in [2.75, 3.05) is 28.4 Å². The van der Waals surface area contributed by atoms with Gasteiger partial charge in [-0.2, -0.15) is 0 Å². The standard InChI is InChI=1S/C21H32O4/c1-14(2)10-9-11-15(3)12-13-17-16(4)18(22-5)20(24-7)21(25-8)19(17)23-6/h10,12H,9,11,13H2,1-8H3. The SMILES string of the molecule is COc1c(C)c(CC=C(C)CCC=C(C)C)c(OC)c(OC)c1OC. The molecule has 1 aromatic carbocycles. The Bertz CT molecular complexity index is 638.